The number of phenols is 2. The second kappa shape index (κ2) is 13.4. The van der Waals surface area contributed by atoms with Gasteiger partial charge in [-0.05, 0) is 35.4 Å². The molecule has 0 saturated heterocycles. The summed E-state index contributed by atoms with van der Waals surface area (Å²) in [6, 6.07) is 7.78. The Bertz CT molecular complexity index is 1120. The number of amides is 4. The second-order valence-corrected chi connectivity index (χ2v) is 8.26. The van der Waals surface area contributed by atoms with Gasteiger partial charge in [0.25, 0.3) is 0 Å². The van der Waals surface area contributed by atoms with Gasteiger partial charge < -0.3 is 42.7 Å². The molecule has 0 aliphatic heterocycles. The first-order valence-corrected chi connectivity index (χ1v) is 11.1. The minimum Gasteiger partial charge on any atom is -0.508 e. The van der Waals surface area contributed by atoms with Gasteiger partial charge in [0, 0.05) is 12.8 Å². The molecule has 3 unspecified atom stereocenters. The van der Waals surface area contributed by atoms with Crippen LogP contribution in [0.25, 0.3) is 0 Å². The van der Waals surface area contributed by atoms with E-state index in [4.69, 9.17) is 11.5 Å². The van der Waals surface area contributed by atoms with Crippen LogP contribution < -0.4 is 27.4 Å². The van der Waals surface area contributed by atoms with Crippen LogP contribution in [-0.4, -0.2) is 69.6 Å². The normalized spacial score (nSPS) is 13.0. The van der Waals surface area contributed by atoms with Crippen molar-refractivity contribution in [2.75, 3.05) is 6.54 Å². The van der Waals surface area contributed by atoms with Crippen molar-refractivity contribution in [1.82, 2.24) is 16.0 Å². The van der Waals surface area contributed by atoms with Crippen LogP contribution in [0.3, 0.4) is 0 Å². The summed E-state index contributed by atoms with van der Waals surface area (Å²) >= 11 is 0. The number of primary amides is 1. The third-order valence-electron chi connectivity index (χ3n) is 5.20. The summed E-state index contributed by atoms with van der Waals surface area (Å²) in [6.45, 7) is -0.569. The van der Waals surface area contributed by atoms with Gasteiger partial charge in [-0.25, -0.2) is 4.79 Å². The van der Waals surface area contributed by atoms with Crippen LogP contribution >= 0.6 is 0 Å². The third kappa shape index (κ3) is 9.85. The standard InChI is InChI=1S/C24H29N5O8/c25-17(11-20(26)32)22(34)27-12-21(33)28-18(9-13-1-5-15(30)6-2-13)23(35)29-19(24(36)37)10-14-3-7-16(31)8-4-14/h1-8,17-19,30-31H,9-12,25H2,(H2,26,32)(H,27,34)(H,28,33)(H,29,35)(H,36,37). The minimum absolute atomic E-state index is 0.000918. The van der Waals surface area contributed by atoms with Crippen LogP contribution in [0.15, 0.2) is 48.5 Å². The number of nitrogens with two attached hydrogens (primary N) is 2. The highest BCUT2D eigenvalue weighted by atomic mass is 16.4. The lowest BCUT2D eigenvalue weighted by atomic mass is 10.0. The van der Waals surface area contributed by atoms with Gasteiger partial charge in [-0.15, -0.1) is 0 Å². The molecule has 0 aliphatic rings. The Labute approximate surface area is 211 Å². The quantitative estimate of drug-likeness (QED) is 0.151. The first-order chi connectivity index (χ1) is 17.4. The van der Waals surface area contributed by atoms with Gasteiger partial charge in [0.15, 0.2) is 0 Å². The van der Waals surface area contributed by atoms with E-state index < -0.39 is 60.7 Å². The lowest BCUT2D eigenvalue weighted by Gasteiger charge is -2.22. The Morgan fingerprint density at radius 3 is 1.70 bits per heavy atom. The molecule has 0 spiro atoms. The molecule has 3 atom stereocenters. The van der Waals surface area contributed by atoms with Gasteiger partial charge in [-0.3, -0.25) is 19.2 Å². The van der Waals surface area contributed by atoms with Crippen LogP contribution in [0.5, 0.6) is 11.5 Å². The zero-order valence-electron chi connectivity index (χ0n) is 19.7. The molecule has 198 valence electrons. The van der Waals surface area contributed by atoms with Crippen molar-refractivity contribution in [2.24, 2.45) is 11.5 Å². The van der Waals surface area contributed by atoms with E-state index in [1.807, 2.05) is 0 Å². The number of carboxylic acid groups (broad SMARTS) is 1. The first-order valence-electron chi connectivity index (χ1n) is 11.1. The number of carboxylic acids is 1. The number of carbonyl (C=O) groups is 5. The average molecular weight is 516 g/mol. The zero-order valence-corrected chi connectivity index (χ0v) is 19.7. The van der Waals surface area contributed by atoms with Gasteiger partial charge in [0.05, 0.1) is 19.0 Å². The summed E-state index contributed by atoms with van der Waals surface area (Å²) in [5, 5.41) is 35.6. The predicted octanol–water partition coefficient (Wildman–Crippen LogP) is -1.74. The van der Waals surface area contributed by atoms with Crippen molar-refractivity contribution < 1.29 is 39.3 Å². The zero-order chi connectivity index (χ0) is 27.5. The number of aliphatic carboxylic acids is 1. The molecule has 0 saturated carbocycles. The Hall–Kier alpha value is -4.65. The molecule has 0 heterocycles. The highest BCUT2D eigenvalue weighted by Crippen LogP contribution is 2.13. The number of rotatable bonds is 13. The number of hydrogen-bond acceptors (Lipinski definition) is 8. The van der Waals surface area contributed by atoms with Crippen molar-refractivity contribution >= 4 is 29.6 Å². The van der Waals surface area contributed by atoms with E-state index in [-0.39, 0.29) is 24.3 Å². The topological polar surface area (TPSA) is 234 Å². The van der Waals surface area contributed by atoms with Gasteiger partial charge in [0.1, 0.15) is 23.6 Å². The van der Waals surface area contributed by atoms with E-state index in [2.05, 4.69) is 16.0 Å². The van der Waals surface area contributed by atoms with Crippen molar-refractivity contribution in [1.29, 1.82) is 0 Å². The summed E-state index contributed by atoms with van der Waals surface area (Å²) in [7, 11) is 0. The average Bonchev–Trinajstić information content (AvgIpc) is 2.83. The largest absolute Gasteiger partial charge is 0.508 e. The van der Waals surface area contributed by atoms with Crippen molar-refractivity contribution in [2.45, 2.75) is 37.4 Å². The highest BCUT2D eigenvalue weighted by molar-refractivity contribution is 5.93. The monoisotopic (exact) mass is 515 g/mol. The number of aromatic hydroxyl groups is 2. The first kappa shape index (κ1) is 28.6. The summed E-state index contributed by atoms with van der Waals surface area (Å²) in [5.41, 5.74) is 11.6. The molecule has 37 heavy (non-hydrogen) atoms. The summed E-state index contributed by atoms with van der Waals surface area (Å²) in [4.78, 5) is 60.1. The molecule has 0 bridgehead atoms. The Morgan fingerprint density at radius 1 is 0.757 bits per heavy atom. The molecule has 0 aromatic heterocycles. The van der Waals surface area contributed by atoms with E-state index >= 15 is 0 Å². The fourth-order valence-corrected chi connectivity index (χ4v) is 3.27. The predicted molar refractivity (Wildman–Crippen MR) is 130 cm³/mol. The maximum atomic E-state index is 13.0. The molecule has 13 heteroatoms. The van der Waals surface area contributed by atoms with Gasteiger partial charge in [0.2, 0.25) is 23.6 Å². The fraction of sp³-hybridized carbons (Fsp3) is 0.292. The van der Waals surface area contributed by atoms with E-state index in [9.17, 15) is 39.3 Å². The van der Waals surface area contributed by atoms with Crippen LogP contribution in [0.1, 0.15) is 17.5 Å². The van der Waals surface area contributed by atoms with Gasteiger partial charge in [-0.2, -0.15) is 0 Å². The molecule has 4 amide bonds. The maximum Gasteiger partial charge on any atom is 0.326 e. The molecule has 0 fully saturated rings. The molecule has 0 aliphatic carbocycles. The smallest absolute Gasteiger partial charge is 0.326 e. The highest BCUT2D eigenvalue weighted by Gasteiger charge is 2.27. The number of hydrogen-bond donors (Lipinski definition) is 8. The van der Waals surface area contributed by atoms with Crippen LogP contribution in [-0.2, 0) is 36.8 Å². The molecule has 2 aromatic rings. The molecule has 10 N–H and O–H groups in total. The Morgan fingerprint density at radius 2 is 1.24 bits per heavy atom. The second-order valence-electron chi connectivity index (χ2n) is 8.26. The molecular weight excluding hydrogens is 486 g/mol. The number of nitrogens with one attached hydrogen (secondary N) is 3. The molecule has 2 aromatic carbocycles. The lowest BCUT2D eigenvalue weighted by Crippen LogP contribution is -2.55. The Balaban J connectivity index is 2.11. The van der Waals surface area contributed by atoms with Crippen molar-refractivity contribution in [3.63, 3.8) is 0 Å². The Kier molecular flexibility index (Phi) is 10.4. The molecule has 0 radical (unpaired) electrons. The molecular formula is C24H29N5O8. The van der Waals surface area contributed by atoms with E-state index in [1.54, 1.807) is 0 Å². The van der Waals surface area contributed by atoms with Crippen LogP contribution in [0, 0.1) is 0 Å². The summed E-state index contributed by atoms with van der Waals surface area (Å²) in [6.07, 6.45) is -0.565. The van der Waals surface area contributed by atoms with E-state index in [0.29, 0.717) is 11.1 Å². The lowest BCUT2D eigenvalue weighted by molar-refractivity contribution is -0.142. The number of carbonyl (C=O) groups excluding carboxylic acids is 4. The third-order valence-corrected chi connectivity index (χ3v) is 5.20. The van der Waals surface area contributed by atoms with Crippen molar-refractivity contribution in [3.8, 4) is 11.5 Å². The SMILES string of the molecule is NC(=O)CC(N)C(=O)NCC(=O)NC(Cc1ccc(O)cc1)C(=O)NC(Cc1ccc(O)cc1)C(=O)O. The number of phenolic OH excluding ortho intramolecular Hbond substituents is 2. The van der Waals surface area contributed by atoms with Crippen LogP contribution in [0.4, 0.5) is 0 Å². The molecule has 2 rings (SSSR count). The summed E-state index contributed by atoms with van der Waals surface area (Å²) in [5.74, 6) is -4.49. The maximum absolute atomic E-state index is 13.0. The van der Waals surface area contributed by atoms with Gasteiger partial charge >= 0.3 is 5.97 Å². The van der Waals surface area contributed by atoms with Gasteiger partial charge in [-0.1, -0.05) is 24.3 Å². The van der Waals surface area contributed by atoms with Crippen LogP contribution in [0.2, 0.25) is 0 Å². The fourth-order valence-electron chi connectivity index (χ4n) is 3.27. The number of benzene rings is 2. The van der Waals surface area contributed by atoms with Crippen molar-refractivity contribution in [3.05, 3.63) is 59.7 Å². The van der Waals surface area contributed by atoms with E-state index in [0.717, 1.165) is 0 Å². The molecule has 13 nitrogen and oxygen atoms in total. The minimum atomic E-state index is -1.34. The summed E-state index contributed by atoms with van der Waals surface area (Å²) < 4.78 is 0. The van der Waals surface area contributed by atoms with E-state index in [1.165, 1.54) is 48.5 Å².